The summed E-state index contributed by atoms with van der Waals surface area (Å²) in [5.74, 6) is 0. The van der Waals surface area contributed by atoms with Crippen LogP contribution in [-0.2, 0) is 32.3 Å². The predicted octanol–water partition coefficient (Wildman–Crippen LogP) is 3.72. The Morgan fingerprint density at radius 3 is 1.56 bits per heavy atom. The van der Waals surface area contributed by atoms with Gasteiger partial charge < -0.3 is 4.90 Å². The van der Waals surface area contributed by atoms with Gasteiger partial charge in [0.15, 0.2) is 0 Å². The van der Waals surface area contributed by atoms with E-state index in [4.69, 9.17) is 0 Å². The minimum absolute atomic E-state index is 0. The van der Waals surface area contributed by atoms with E-state index < -0.39 is 0 Å². The maximum Gasteiger partial charge on any atom is 0.0425 e. The van der Waals surface area contributed by atoms with Crippen molar-refractivity contribution in [3.8, 4) is 0 Å². The summed E-state index contributed by atoms with van der Waals surface area (Å²) in [4.78, 5) is 2.22. The van der Waals surface area contributed by atoms with E-state index in [1.54, 1.807) is 0 Å². The summed E-state index contributed by atoms with van der Waals surface area (Å²) >= 11 is 0. The van der Waals surface area contributed by atoms with Crippen LogP contribution in [0.4, 0.5) is 5.69 Å². The first kappa shape index (κ1) is 21.5. The summed E-state index contributed by atoms with van der Waals surface area (Å²) in [6, 6.07) is 6.59. The first-order valence-electron chi connectivity index (χ1n) is 4.98. The largest absolute Gasteiger partial charge is 0.377 e. The summed E-state index contributed by atoms with van der Waals surface area (Å²) < 4.78 is 0. The maximum absolute atomic E-state index is 2.22. The monoisotopic (exact) mass is 313 g/mol. The van der Waals surface area contributed by atoms with Crippen molar-refractivity contribution in [1.82, 2.24) is 0 Å². The molecule has 0 aliphatic carbocycles. The third kappa shape index (κ3) is 5.04. The van der Waals surface area contributed by atoms with E-state index in [1.165, 1.54) is 16.8 Å². The number of aryl methyl sites for hydroxylation is 2. The molecule has 0 unspecified atom stereocenters. The predicted molar refractivity (Wildman–Crippen MR) is 74.0 cm³/mol. The van der Waals surface area contributed by atoms with Crippen molar-refractivity contribution >= 4 is 30.5 Å². The van der Waals surface area contributed by atoms with Gasteiger partial charge in [0.25, 0.3) is 0 Å². The Bertz CT molecular complexity index is 268. The van der Waals surface area contributed by atoms with Gasteiger partial charge in [-0.2, -0.15) is 0 Å². The number of nitrogens with zero attached hydrogens (tertiary/aromatic N) is 1. The van der Waals surface area contributed by atoms with Crippen LogP contribution >= 0.6 is 24.8 Å². The smallest absolute Gasteiger partial charge is 0.0425 e. The van der Waals surface area contributed by atoms with Crippen molar-refractivity contribution in [3.05, 3.63) is 29.3 Å². The molecule has 1 nitrogen and oxygen atoms in total. The molecular formula is C12H21Cl2NZn. The van der Waals surface area contributed by atoms with E-state index in [-0.39, 0.29) is 44.3 Å². The van der Waals surface area contributed by atoms with Crippen LogP contribution in [-0.4, -0.2) is 14.1 Å². The number of rotatable bonds is 3. The third-order valence-corrected chi connectivity index (χ3v) is 2.41. The maximum atomic E-state index is 2.22. The molecule has 0 atom stereocenters. The number of halogens is 2. The van der Waals surface area contributed by atoms with E-state index in [0.717, 1.165) is 12.8 Å². The Morgan fingerprint density at radius 1 is 0.938 bits per heavy atom. The Labute approximate surface area is 125 Å². The average Bonchev–Trinajstić information content (AvgIpc) is 2.16. The first-order chi connectivity index (χ1) is 6.20. The van der Waals surface area contributed by atoms with E-state index in [9.17, 15) is 0 Å². The van der Waals surface area contributed by atoms with Crippen LogP contribution in [0.2, 0.25) is 0 Å². The summed E-state index contributed by atoms with van der Waals surface area (Å²) in [5, 5.41) is 0. The molecule has 0 aliphatic rings. The van der Waals surface area contributed by atoms with Crippen molar-refractivity contribution in [2.24, 2.45) is 0 Å². The molecule has 0 fully saturated rings. The van der Waals surface area contributed by atoms with Gasteiger partial charge in [0.2, 0.25) is 0 Å². The summed E-state index contributed by atoms with van der Waals surface area (Å²) in [6.45, 7) is 4.42. The standard InChI is InChI=1S/C12H19N.2ClH.Zn/c1-5-10-8-7-9-11(6-2)12(10)13(3)4;;;/h7-9H,5-6H2,1-4H3;2*1H;. The van der Waals surface area contributed by atoms with Crippen LogP contribution < -0.4 is 4.90 Å². The molecule has 0 aliphatic heterocycles. The van der Waals surface area contributed by atoms with Gasteiger partial charge in [-0.1, -0.05) is 32.0 Å². The van der Waals surface area contributed by atoms with Crippen molar-refractivity contribution in [2.75, 3.05) is 19.0 Å². The molecule has 0 heterocycles. The van der Waals surface area contributed by atoms with E-state index in [2.05, 4.69) is 51.0 Å². The quantitative estimate of drug-likeness (QED) is 0.769. The molecule has 0 radical (unpaired) electrons. The molecular weight excluding hydrogens is 294 g/mol. The minimum Gasteiger partial charge on any atom is -0.377 e. The molecule has 0 spiro atoms. The van der Waals surface area contributed by atoms with Crippen molar-refractivity contribution in [3.63, 3.8) is 0 Å². The van der Waals surface area contributed by atoms with Gasteiger partial charge >= 0.3 is 0 Å². The zero-order valence-corrected chi connectivity index (χ0v) is 15.2. The Hall–Kier alpha value is 0.223. The fourth-order valence-electron chi connectivity index (χ4n) is 1.79. The number of hydrogen-bond acceptors (Lipinski definition) is 1. The Morgan fingerprint density at radius 2 is 1.31 bits per heavy atom. The van der Waals surface area contributed by atoms with Gasteiger partial charge in [0.05, 0.1) is 0 Å². The van der Waals surface area contributed by atoms with Crippen molar-refractivity contribution in [2.45, 2.75) is 26.7 Å². The fraction of sp³-hybridized carbons (Fsp3) is 0.500. The van der Waals surface area contributed by atoms with Crippen LogP contribution in [0, 0.1) is 0 Å². The minimum atomic E-state index is 0. The molecule has 16 heavy (non-hydrogen) atoms. The second kappa shape index (κ2) is 10.4. The molecule has 0 N–H and O–H groups in total. The van der Waals surface area contributed by atoms with Gasteiger partial charge in [-0.05, 0) is 24.0 Å². The second-order valence-electron chi connectivity index (χ2n) is 3.53. The zero-order chi connectivity index (χ0) is 9.84. The van der Waals surface area contributed by atoms with Gasteiger partial charge in [0, 0.05) is 39.3 Å². The normalized spacial score (nSPS) is 8.25. The molecule has 1 aromatic carbocycles. The van der Waals surface area contributed by atoms with Crippen LogP contribution in [0.15, 0.2) is 18.2 Å². The molecule has 0 bridgehead atoms. The van der Waals surface area contributed by atoms with Crippen LogP contribution in [0.1, 0.15) is 25.0 Å². The average molecular weight is 316 g/mol. The molecule has 0 amide bonds. The van der Waals surface area contributed by atoms with Gasteiger partial charge in [-0.15, -0.1) is 24.8 Å². The third-order valence-electron chi connectivity index (χ3n) is 2.41. The van der Waals surface area contributed by atoms with Gasteiger partial charge in [0.1, 0.15) is 0 Å². The SMILES string of the molecule is CCc1cccc(CC)c1N(C)C.Cl.Cl.[Zn]. The summed E-state index contributed by atoms with van der Waals surface area (Å²) in [5.41, 5.74) is 4.31. The van der Waals surface area contributed by atoms with Crippen LogP contribution in [0.25, 0.3) is 0 Å². The van der Waals surface area contributed by atoms with Gasteiger partial charge in [-0.3, -0.25) is 0 Å². The van der Waals surface area contributed by atoms with Crippen LogP contribution in [0.3, 0.4) is 0 Å². The van der Waals surface area contributed by atoms with Gasteiger partial charge in [-0.25, -0.2) is 0 Å². The zero-order valence-electron chi connectivity index (χ0n) is 10.6. The van der Waals surface area contributed by atoms with E-state index in [1.807, 2.05) is 0 Å². The summed E-state index contributed by atoms with van der Waals surface area (Å²) in [7, 11) is 4.24. The molecule has 1 aromatic rings. The second-order valence-corrected chi connectivity index (χ2v) is 3.53. The topological polar surface area (TPSA) is 3.24 Å². The molecule has 4 heteroatoms. The fourth-order valence-corrected chi connectivity index (χ4v) is 1.79. The summed E-state index contributed by atoms with van der Waals surface area (Å²) in [6.07, 6.45) is 2.22. The first-order valence-corrected chi connectivity index (χ1v) is 4.98. The molecule has 1 rings (SSSR count). The Kier molecular flexibility index (Phi) is 14.0. The van der Waals surface area contributed by atoms with E-state index >= 15 is 0 Å². The molecule has 0 saturated heterocycles. The Balaban J connectivity index is -0.000000563. The number of benzene rings is 1. The van der Waals surface area contributed by atoms with Crippen molar-refractivity contribution in [1.29, 1.82) is 0 Å². The molecule has 90 valence electrons. The number of anilines is 1. The van der Waals surface area contributed by atoms with Crippen molar-refractivity contribution < 1.29 is 19.5 Å². The number of hydrogen-bond donors (Lipinski definition) is 0. The molecule has 0 aromatic heterocycles. The van der Waals surface area contributed by atoms with Crippen LogP contribution in [0.5, 0.6) is 0 Å². The molecule has 0 saturated carbocycles. The van der Waals surface area contributed by atoms with E-state index in [0.29, 0.717) is 0 Å². The number of para-hydroxylation sites is 1.